The standard InChI is InChI=1S/C26H25N5O3S/c1-18(32)27-20-13-14-23(34-2)22(16-20)28-25(33)17-35-26-30-29-24(15-19-9-5-3-6-10-19)31(26)21-11-7-4-8-12-21/h3-14,16H,15,17H2,1-2H3,(H,27,32)(H,28,33). The van der Waals surface area contributed by atoms with Crippen molar-refractivity contribution in [3.8, 4) is 11.4 Å². The average Bonchev–Trinajstić information content (AvgIpc) is 3.26. The third-order valence-corrected chi connectivity index (χ3v) is 5.98. The Hall–Kier alpha value is -4.11. The Morgan fingerprint density at radius 1 is 0.943 bits per heavy atom. The Bertz CT molecular complexity index is 1310. The summed E-state index contributed by atoms with van der Waals surface area (Å²) in [6, 6.07) is 25.0. The van der Waals surface area contributed by atoms with Gasteiger partial charge in [0, 0.05) is 24.7 Å². The molecule has 2 N–H and O–H groups in total. The second kappa shape index (κ2) is 11.3. The number of para-hydroxylation sites is 1. The largest absolute Gasteiger partial charge is 0.495 e. The van der Waals surface area contributed by atoms with E-state index in [1.54, 1.807) is 18.2 Å². The van der Waals surface area contributed by atoms with Gasteiger partial charge in [0.15, 0.2) is 5.16 Å². The van der Waals surface area contributed by atoms with Crippen LogP contribution >= 0.6 is 11.8 Å². The van der Waals surface area contributed by atoms with Crippen molar-refractivity contribution in [3.05, 3.63) is 90.3 Å². The molecule has 0 spiro atoms. The number of hydrogen-bond donors (Lipinski definition) is 2. The van der Waals surface area contributed by atoms with Gasteiger partial charge in [-0.2, -0.15) is 0 Å². The third-order valence-electron chi connectivity index (χ3n) is 5.05. The molecule has 0 saturated carbocycles. The topological polar surface area (TPSA) is 98.1 Å². The molecule has 2 amide bonds. The van der Waals surface area contributed by atoms with Gasteiger partial charge in [-0.25, -0.2) is 0 Å². The molecule has 4 aromatic rings. The van der Waals surface area contributed by atoms with E-state index in [9.17, 15) is 9.59 Å². The molecule has 0 radical (unpaired) electrons. The van der Waals surface area contributed by atoms with Crippen LogP contribution in [-0.2, 0) is 16.0 Å². The van der Waals surface area contributed by atoms with Crippen molar-refractivity contribution < 1.29 is 14.3 Å². The molecule has 0 bridgehead atoms. The maximum absolute atomic E-state index is 12.8. The Balaban J connectivity index is 1.52. The van der Waals surface area contributed by atoms with Gasteiger partial charge in [-0.1, -0.05) is 60.3 Å². The number of thioether (sulfide) groups is 1. The van der Waals surface area contributed by atoms with Crippen molar-refractivity contribution in [2.24, 2.45) is 0 Å². The number of carbonyl (C=O) groups excluding carboxylic acids is 2. The summed E-state index contributed by atoms with van der Waals surface area (Å²) in [5.41, 5.74) is 3.09. The SMILES string of the molecule is COc1ccc(NC(C)=O)cc1NC(=O)CSc1nnc(Cc2ccccc2)n1-c1ccccc1. The number of carbonyl (C=O) groups is 2. The monoisotopic (exact) mass is 487 g/mol. The summed E-state index contributed by atoms with van der Waals surface area (Å²) in [4.78, 5) is 24.2. The normalized spacial score (nSPS) is 10.6. The van der Waals surface area contributed by atoms with Crippen molar-refractivity contribution in [1.29, 1.82) is 0 Å². The van der Waals surface area contributed by atoms with Crippen LogP contribution in [0.15, 0.2) is 84.0 Å². The molecule has 0 saturated heterocycles. The number of amides is 2. The molecule has 0 atom stereocenters. The molecule has 1 heterocycles. The highest BCUT2D eigenvalue weighted by Crippen LogP contribution is 2.29. The summed E-state index contributed by atoms with van der Waals surface area (Å²) < 4.78 is 7.32. The first kappa shape index (κ1) is 24.0. The fourth-order valence-corrected chi connectivity index (χ4v) is 4.30. The van der Waals surface area contributed by atoms with Crippen molar-refractivity contribution in [2.75, 3.05) is 23.5 Å². The molecule has 0 unspecified atom stereocenters. The average molecular weight is 488 g/mol. The Morgan fingerprint density at radius 2 is 1.66 bits per heavy atom. The minimum atomic E-state index is -0.236. The summed E-state index contributed by atoms with van der Waals surface area (Å²) in [6.07, 6.45) is 0.614. The summed E-state index contributed by atoms with van der Waals surface area (Å²) in [5.74, 6) is 0.962. The summed E-state index contributed by atoms with van der Waals surface area (Å²) >= 11 is 1.30. The van der Waals surface area contributed by atoms with Crippen LogP contribution in [0, 0.1) is 0 Å². The number of ether oxygens (including phenoxy) is 1. The van der Waals surface area contributed by atoms with E-state index in [1.807, 2.05) is 65.2 Å². The van der Waals surface area contributed by atoms with Crippen LogP contribution in [0.5, 0.6) is 5.75 Å². The number of nitrogens with one attached hydrogen (secondary N) is 2. The van der Waals surface area contributed by atoms with Gasteiger partial charge in [-0.15, -0.1) is 10.2 Å². The zero-order valence-corrected chi connectivity index (χ0v) is 20.2. The van der Waals surface area contributed by atoms with Crippen LogP contribution in [-0.4, -0.2) is 39.4 Å². The lowest BCUT2D eigenvalue weighted by Crippen LogP contribution is -2.16. The molecule has 8 nitrogen and oxygen atoms in total. The van der Waals surface area contributed by atoms with Crippen LogP contribution in [0.25, 0.3) is 5.69 Å². The van der Waals surface area contributed by atoms with Gasteiger partial charge < -0.3 is 15.4 Å². The zero-order valence-electron chi connectivity index (χ0n) is 19.4. The molecule has 4 rings (SSSR count). The minimum absolute atomic E-state index is 0.115. The molecular weight excluding hydrogens is 462 g/mol. The first-order valence-electron chi connectivity index (χ1n) is 11.0. The van der Waals surface area contributed by atoms with E-state index in [2.05, 4.69) is 20.8 Å². The first-order chi connectivity index (χ1) is 17.0. The molecule has 0 aliphatic rings. The van der Waals surface area contributed by atoms with E-state index in [1.165, 1.54) is 25.8 Å². The molecule has 9 heteroatoms. The van der Waals surface area contributed by atoms with Gasteiger partial charge in [-0.3, -0.25) is 14.2 Å². The lowest BCUT2D eigenvalue weighted by Gasteiger charge is -2.13. The molecular formula is C26H25N5O3S. The van der Waals surface area contributed by atoms with E-state index >= 15 is 0 Å². The van der Waals surface area contributed by atoms with Gasteiger partial charge >= 0.3 is 0 Å². The predicted octanol–water partition coefficient (Wildman–Crippen LogP) is 4.56. The van der Waals surface area contributed by atoms with E-state index in [0.29, 0.717) is 28.7 Å². The van der Waals surface area contributed by atoms with E-state index in [-0.39, 0.29) is 17.6 Å². The molecule has 3 aromatic carbocycles. The Kier molecular flexibility index (Phi) is 7.79. The van der Waals surface area contributed by atoms with E-state index in [4.69, 9.17) is 4.74 Å². The third kappa shape index (κ3) is 6.27. The Labute approximate surface area is 207 Å². The van der Waals surface area contributed by atoms with Gasteiger partial charge in [0.2, 0.25) is 11.8 Å². The smallest absolute Gasteiger partial charge is 0.234 e. The lowest BCUT2D eigenvalue weighted by atomic mass is 10.1. The highest BCUT2D eigenvalue weighted by molar-refractivity contribution is 7.99. The van der Waals surface area contributed by atoms with Crippen molar-refractivity contribution in [3.63, 3.8) is 0 Å². The van der Waals surface area contributed by atoms with Gasteiger partial charge in [0.25, 0.3) is 0 Å². The number of hydrogen-bond acceptors (Lipinski definition) is 6. The van der Waals surface area contributed by atoms with E-state index < -0.39 is 0 Å². The van der Waals surface area contributed by atoms with E-state index in [0.717, 1.165) is 17.1 Å². The molecule has 0 fully saturated rings. The summed E-state index contributed by atoms with van der Waals surface area (Å²) in [6.45, 7) is 1.42. The van der Waals surface area contributed by atoms with Crippen molar-refractivity contribution in [1.82, 2.24) is 14.8 Å². The Morgan fingerprint density at radius 3 is 2.34 bits per heavy atom. The second-order valence-corrected chi connectivity index (χ2v) is 8.61. The first-order valence-corrected chi connectivity index (χ1v) is 11.9. The molecule has 1 aromatic heterocycles. The molecule has 178 valence electrons. The second-order valence-electron chi connectivity index (χ2n) is 7.67. The quantitative estimate of drug-likeness (QED) is 0.336. The maximum Gasteiger partial charge on any atom is 0.234 e. The van der Waals surface area contributed by atoms with Crippen LogP contribution in [0.4, 0.5) is 11.4 Å². The lowest BCUT2D eigenvalue weighted by molar-refractivity contribution is -0.114. The van der Waals surface area contributed by atoms with Crippen LogP contribution in [0.1, 0.15) is 18.3 Å². The fourth-order valence-electron chi connectivity index (χ4n) is 3.53. The van der Waals surface area contributed by atoms with Crippen LogP contribution in [0.3, 0.4) is 0 Å². The van der Waals surface area contributed by atoms with Crippen LogP contribution in [0.2, 0.25) is 0 Å². The van der Waals surface area contributed by atoms with Crippen molar-refractivity contribution in [2.45, 2.75) is 18.5 Å². The fraction of sp³-hybridized carbons (Fsp3) is 0.154. The minimum Gasteiger partial charge on any atom is -0.495 e. The van der Waals surface area contributed by atoms with Gasteiger partial charge in [-0.05, 0) is 35.9 Å². The molecule has 0 aliphatic carbocycles. The number of aromatic nitrogens is 3. The van der Waals surface area contributed by atoms with Crippen molar-refractivity contribution >= 4 is 35.0 Å². The molecule has 35 heavy (non-hydrogen) atoms. The number of methoxy groups -OCH3 is 1. The summed E-state index contributed by atoms with van der Waals surface area (Å²) in [5, 5.41) is 15.0. The van der Waals surface area contributed by atoms with Crippen LogP contribution < -0.4 is 15.4 Å². The predicted molar refractivity (Wildman–Crippen MR) is 137 cm³/mol. The number of benzene rings is 3. The summed E-state index contributed by atoms with van der Waals surface area (Å²) in [7, 11) is 1.52. The zero-order chi connectivity index (χ0) is 24.6. The number of nitrogens with zero attached hydrogens (tertiary/aromatic N) is 3. The van der Waals surface area contributed by atoms with Gasteiger partial charge in [0.05, 0.1) is 18.6 Å². The molecule has 0 aliphatic heterocycles. The number of rotatable bonds is 9. The number of anilines is 2. The highest BCUT2D eigenvalue weighted by atomic mass is 32.2. The maximum atomic E-state index is 12.8. The van der Waals surface area contributed by atoms with Gasteiger partial charge in [0.1, 0.15) is 11.6 Å². The highest BCUT2D eigenvalue weighted by Gasteiger charge is 2.17.